The van der Waals surface area contributed by atoms with E-state index in [4.69, 9.17) is 4.42 Å². The number of hydrogen-bond donors (Lipinski definition) is 0. The number of esters is 1. The number of methoxy groups -OCH3 is 1. The maximum Gasteiger partial charge on any atom is 0.341 e. The highest BCUT2D eigenvalue weighted by atomic mass is 32.1. The summed E-state index contributed by atoms with van der Waals surface area (Å²) in [6.07, 6.45) is 0.373. The first-order valence-corrected chi connectivity index (χ1v) is 7.33. The smallest absolute Gasteiger partial charge is 0.341 e. The highest BCUT2D eigenvalue weighted by molar-refractivity contribution is 7.10. The zero-order chi connectivity index (χ0) is 15.4. The summed E-state index contributed by atoms with van der Waals surface area (Å²) in [5, 5.41) is 1.95. The van der Waals surface area contributed by atoms with Gasteiger partial charge in [-0.1, -0.05) is 6.07 Å². The van der Waals surface area contributed by atoms with Crippen molar-refractivity contribution in [3.63, 3.8) is 0 Å². The van der Waals surface area contributed by atoms with Crippen molar-refractivity contribution < 1.29 is 18.7 Å². The Bertz CT molecular complexity index is 630. The fraction of sp³-hybridized carbons (Fsp3) is 0.333. The molecule has 5 nitrogen and oxygen atoms in total. The van der Waals surface area contributed by atoms with Crippen molar-refractivity contribution in [2.75, 3.05) is 14.2 Å². The van der Waals surface area contributed by atoms with Crippen molar-refractivity contribution in [2.45, 2.75) is 19.9 Å². The number of hydrogen-bond acceptors (Lipinski definition) is 5. The molecule has 2 aromatic heterocycles. The van der Waals surface area contributed by atoms with Gasteiger partial charge in [0.1, 0.15) is 17.1 Å². The van der Waals surface area contributed by atoms with Gasteiger partial charge in [-0.15, -0.1) is 11.3 Å². The second kappa shape index (κ2) is 6.58. The molecule has 0 aliphatic rings. The van der Waals surface area contributed by atoms with Crippen molar-refractivity contribution >= 4 is 23.2 Å². The van der Waals surface area contributed by atoms with E-state index in [1.54, 1.807) is 36.3 Å². The van der Waals surface area contributed by atoms with Crippen LogP contribution in [-0.4, -0.2) is 30.9 Å². The zero-order valence-electron chi connectivity index (χ0n) is 12.2. The average Bonchev–Trinajstić information content (AvgIpc) is 3.07. The van der Waals surface area contributed by atoms with Gasteiger partial charge in [-0.05, 0) is 24.4 Å². The number of carbonyl (C=O) groups excluding carboxylic acids is 2. The molecule has 0 radical (unpaired) electrons. The normalized spacial score (nSPS) is 10.4. The number of nitrogens with zero attached hydrogens (tertiary/aromatic N) is 1. The molecular weight excluding hydrogens is 290 g/mol. The first kappa shape index (κ1) is 15.3. The third kappa shape index (κ3) is 3.72. The standard InChI is InChI=1S/C15H17NO4S/c1-10-13(15(18)19-3)7-11(20-10)9-16(2)14(17)8-12-5-4-6-21-12/h4-7H,8-9H2,1-3H3. The van der Waals surface area contributed by atoms with Gasteiger partial charge in [0.2, 0.25) is 5.91 Å². The molecule has 112 valence electrons. The van der Waals surface area contributed by atoms with Crippen LogP contribution >= 0.6 is 11.3 Å². The fourth-order valence-electron chi connectivity index (χ4n) is 1.95. The minimum atomic E-state index is -0.435. The number of likely N-dealkylation sites (N-methyl/N-ethyl adjacent to an activating group) is 1. The number of thiophene rings is 1. The van der Waals surface area contributed by atoms with E-state index < -0.39 is 5.97 Å². The van der Waals surface area contributed by atoms with Crippen LogP contribution in [0.5, 0.6) is 0 Å². The van der Waals surface area contributed by atoms with Gasteiger partial charge in [-0.2, -0.15) is 0 Å². The first-order chi connectivity index (χ1) is 10.0. The summed E-state index contributed by atoms with van der Waals surface area (Å²) >= 11 is 1.56. The van der Waals surface area contributed by atoms with Crippen molar-refractivity contribution in [3.8, 4) is 0 Å². The predicted molar refractivity (Wildman–Crippen MR) is 79.3 cm³/mol. The van der Waals surface area contributed by atoms with Crippen LogP contribution in [0.25, 0.3) is 0 Å². The summed E-state index contributed by atoms with van der Waals surface area (Å²) in [6, 6.07) is 5.48. The molecule has 6 heteroatoms. The van der Waals surface area contributed by atoms with Crippen LogP contribution in [0.2, 0.25) is 0 Å². The van der Waals surface area contributed by atoms with Crippen LogP contribution in [0.3, 0.4) is 0 Å². The van der Waals surface area contributed by atoms with E-state index >= 15 is 0 Å². The number of amides is 1. The molecule has 21 heavy (non-hydrogen) atoms. The second-order valence-electron chi connectivity index (χ2n) is 4.68. The van der Waals surface area contributed by atoms with Crippen LogP contribution in [0, 0.1) is 6.92 Å². The van der Waals surface area contributed by atoms with E-state index in [0.29, 0.717) is 30.0 Å². The maximum atomic E-state index is 12.1. The Morgan fingerprint density at radius 1 is 1.43 bits per heavy atom. The van der Waals surface area contributed by atoms with Gasteiger partial charge < -0.3 is 14.1 Å². The second-order valence-corrected chi connectivity index (χ2v) is 5.71. The molecule has 0 aromatic carbocycles. The number of aryl methyl sites for hydroxylation is 1. The third-order valence-corrected chi connectivity index (χ3v) is 3.97. The van der Waals surface area contributed by atoms with Crippen LogP contribution in [0.1, 0.15) is 26.8 Å². The highest BCUT2D eigenvalue weighted by Gasteiger charge is 2.18. The molecule has 2 aromatic rings. The molecule has 0 fully saturated rings. The molecule has 2 heterocycles. The molecule has 0 saturated carbocycles. The van der Waals surface area contributed by atoms with Crippen LogP contribution in [0.4, 0.5) is 0 Å². The number of furan rings is 1. The molecule has 1 amide bonds. The summed E-state index contributed by atoms with van der Waals surface area (Å²) < 4.78 is 10.2. The van der Waals surface area contributed by atoms with Gasteiger partial charge in [0, 0.05) is 11.9 Å². The lowest BCUT2D eigenvalue weighted by atomic mass is 10.2. The SMILES string of the molecule is COC(=O)c1cc(CN(C)C(=O)Cc2cccs2)oc1C. The average molecular weight is 307 g/mol. The lowest BCUT2D eigenvalue weighted by Crippen LogP contribution is -2.27. The molecule has 0 aliphatic heterocycles. The van der Waals surface area contributed by atoms with E-state index in [9.17, 15) is 9.59 Å². The summed E-state index contributed by atoms with van der Waals surface area (Å²) in [4.78, 5) is 26.2. The highest BCUT2D eigenvalue weighted by Crippen LogP contribution is 2.17. The van der Waals surface area contributed by atoms with Crippen molar-refractivity contribution in [2.24, 2.45) is 0 Å². The van der Waals surface area contributed by atoms with Gasteiger partial charge in [-0.3, -0.25) is 4.79 Å². The van der Waals surface area contributed by atoms with E-state index in [2.05, 4.69) is 4.74 Å². The number of ether oxygens (including phenoxy) is 1. The summed E-state index contributed by atoms with van der Waals surface area (Å²) in [5.74, 6) is 0.632. The number of carbonyl (C=O) groups is 2. The molecule has 0 N–H and O–H groups in total. The van der Waals surface area contributed by atoms with Crippen molar-refractivity contribution in [1.29, 1.82) is 0 Å². The van der Waals surface area contributed by atoms with Crippen molar-refractivity contribution in [3.05, 3.63) is 45.5 Å². The molecule has 0 atom stereocenters. The zero-order valence-corrected chi connectivity index (χ0v) is 13.0. The Hall–Kier alpha value is -2.08. The molecule has 0 bridgehead atoms. The Kier molecular flexibility index (Phi) is 4.80. The summed E-state index contributed by atoms with van der Waals surface area (Å²) in [7, 11) is 3.04. The predicted octanol–water partition coefficient (Wildman–Crippen LogP) is 2.64. The molecule has 0 spiro atoms. The van der Waals surface area contributed by atoms with Gasteiger partial charge in [-0.25, -0.2) is 4.79 Å². The topological polar surface area (TPSA) is 59.8 Å². The third-order valence-electron chi connectivity index (χ3n) is 3.10. The van der Waals surface area contributed by atoms with Crippen molar-refractivity contribution in [1.82, 2.24) is 4.90 Å². The first-order valence-electron chi connectivity index (χ1n) is 6.45. The van der Waals surface area contributed by atoms with Gasteiger partial charge >= 0.3 is 5.97 Å². The monoisotopic (exact) mass is 307 g/mol. The molecular formula is C15H17NO4S. The summed E-state index contributed by atoms with van der Waals surface area (Å²) in [6.45, 7) is 2.02. The van der Waals surface area contributed by atoms with Gasteiger partial charge in [0.25, 0.3) is 0 Å². The Balaban J connectivity index is 2.00. The van der Waals surface area contributed by atoms with Crippen LogP contribution in [0.15, 0.2) is 28.0 Å². The van der Waals surface area contributed by atoms with Crippen LogP contribution < -0.4 is 0 Å². The van der Waals surface area contributed by atoms with Crippen LogP contribution in [-0.2, 0) is 22.5 Å². The van der Waals surface area contributed by atoms with E-state index in [0.717, 1.165) is 4.88 Å². The van der Waals surface area contributed by atoms with E-state index in [1.807, 2.05) is 17.5 Å². The lowest BCUT2D eigenvalue weighted by molar-refractivity contribution is -0.129. The fourth-order valence-corrected chi connectivity index (χ4v) is 2.65. The Morgan fingerprint density at radius 2 is 2.19 bits per heavy atom. The lowest BCUT2D eigenvalue weighted by Gasteiger charge is -2.15. The van der Waals surface area contributed by atoms with Gasteiger partial charge in [0.05, 0.1) is 20.1 Å². The minimum Gasteiger partial charge on any atom is -0.465 e. The Labute approximate surface area is 127 Å². The maximum absolute atomic E-state index is 12.1. The molecule has 0 unspecified atom stereocenters. The minimum absolute atomic E-state index is 0.00567. The number of rotatable bonds is 5. The largest absolute Gasteiger partial charge is 0.465 e. The van der Waals surface area contributed by atoms with E-state index in [1.165, 1.54) is 7.11 Å². The van der Waals surface area contributed by atoms with Gasteiger partial charge in [0.15, 0.2) is 0 Å². The summed E-state index contributed by atoms with van der Waals surface area (Å²) in [5.41, 5.74) is 0.395. The molecule has 0 aliphatic carbocycles. The Morgan fingerprint density at radius 3 is 2.81 bits per heavy atom. The van der Waals surface area contributed by atoms with E-state index in [-0.39, 0.29) is 5.91 Å². The molecule has 0 saturated heterocycles. The quantitative estimate of drug-likeness (QED) is 0.797. The molecule has 2 rings (SSSR count).